The van der Waals surface area contributed by atoms with E-state index in [4.69, 9.17) is 9.47 Å². The Morgan fingerprint density at radius 3 is 2.44 bits per heavy atom. The van der Waals surface area contributed by atoms with Crippen molar-refractivity contribution >= 4 is 5.91 Å². The normalized spacial score (nSPS) is 17.2. The molecule has 1 heterocycles. The number of carbonyl (C=O) groups excluding carboxylic acids is 1. The summed E-state index contributed by atoms with van der Waals surface area (Å²) in [5.74, 6) is 1.42. The van der Waals surface area contributed by atoms with Crippen molar-refractivity contribution in [2.24, 2.45) is 5.92 Å². The number of benzene rings is 2. The van der Waals surface area contributed by atoms with Crippen LogP contribution < -0.4 is 14.8 Å². The second-order valence-electron chi connectivity index (χ2n) is 6.69. The van der Waals surface area contributed by atoms with Gasteiger partial charge in [0.05, 0.1) is 6.04 Å². The summed E-state index contributed by atoms with van der Waals surface area (Å²) in [4.78, 5) is 12.7. The van der Waals surface area contributed by atoms with Crippen LogP contribution in [0.3, 0.4) is 0 Å². The van der Waals surface area contributed by atoms with E-state index in [0.29, 0.717) is 11.5 Å². The molecule has 3 rings (SSSR count). The van der Waals surface area contributed by atoms with Crippen molar-refractivity contribution in [2.45, 2.75) is 39.3 Å². The molecule has 0 aliphatic carbocycles. The molecule has 0 aromatic heterocycles. The van der Waals surface area contributed by atoms with Gasteiger partial charge in [0, 0.05) is 0 Å². The van der Waals surface area contributed by atoms with Gasteiger partial charge >= 0.3 is 0 Å². The summed E-state index contributed by atoms with van der Waals surface area (Å²) in [6.07, 6.45) is 0.372. The number of fused-ring (bicyclic) bond motifs is 1. The Kier molecular flexibility index (Phi) is 5.27. The number of nitrogens with one attached hydrogen (secondary N) is 1. The number of hydrogen-bond donors (Lipinski definition) is 1. The molecule has 0 radical (unpaired) electrons. The molecule has 25 heavy (non-hydrogen) atoms. The predicted octanol–water partition coefficient (Wildman–Crippen LogP) is 3.90. The maximum absolute atomic E-state index is 12.7. The van der Waals surface area contributed by atoms with Crippen LogP contribution in [0.4, 0.5) is 0 Å². The van der Waals surface area contributed by atoms with E-state index in [2.05, 4.69) is 50.4 Å². The van der Waals surface area contributed by atoms with Gasteiger partial charge in [-0.2, -0.15) is 0 Å². The molecule has 2 atom stereocenters. The third kappa shape index (κ3) is 3.95. The number of carbonyl (C=O) groups is 1. The van der Waals surface area contributed by atoms with E-state index in [-0.39, 0.29) is 24.5 Å². The summed E-state index contributed by atoms with van der Waals surface area (Å²) in [6.45, 7) is 6.57. The Labute approximate surface area is 149 Å². The smallest absolute Gasteiger partial charge is 0.265 e. The van der Waals surface area contributed by atoms with Gasteiger partial charge in [0.1, 0.15) is 6.61 Å². The lowest BCUT2D eigenvalue weighted by Crippen LogP contribution is -2.46. The largest absolute Gasteiger partial charge is 0.485 e. The lowest BCUT2D eigenvalue weighted by atomic mass is 9.94. The lowest BCUT2D eigenvalue weighted by molar-refractivity contribution is -0.131. The van der Waals surface area contributed by atoms with Crippen LogP contribution in [-0.4, -0.2) is 18.6 Å². The second-order valence-corrected chi connectivity index (χ2v) is 6.69. The molecule has 0 bridgehead atoms. The number of aryl methyl sites for hydroxylation is 1. The Morgan fingerprint density at radius 2 is 1.80 bits per heavy atom. The van der Waals surface area contributed by atoms with Gasteiger partial charge in [-0.25, -0.2) is 0 Å². The summed E-state index contributed by atoms with van der Waals surface area (Å²) in [7, 11) is 0. The average molecular weight is 339 g/mol. The monoisotopic (exact) mass is 339 g/mol. The molecule has 1 N–H and O–H groups in total. The first kappa shape index (κ1) is 17.3. The highest BCUT2D eigenvalue weighted by Gasteiger charge is 2.29. The highest BCUT2D eigenvalue weighted by atomic mass is 16.6. The molecule has 2 aromatic rings. The van der Waals surface area contributed by atoms with Crippen LogP contribution >= 0.6 is 0 Å². The molecule has 4 heteroatoms. The van der Waals surface area contributed by atoms with Crippen molar-refractivity contribution in [2.75, 3.05) is 6.61 Å². The molecule has 4 nitrogen and oxygen atoms in total. The van der Waals surface area contributed by atoms with E-state index >= 15 is 0 Å². The quantitative estimate of drug-likeness (QED) is 0.899. The fourth-order valence-electron chi connectivity index (χ4n) is 2.99. The summed E-state index contributed by atoms with van der Waals surface area (Å²) < 4.78 is 11.5. The lowest BCUT2D eigenvalue weighted by Gasteiger charge is -2.29. The Bertz CT molecular complexity index is 724. The van der Waals surface area contributed by atoms with Gasteiger partial charge in [-0.15, -0.1) is 0 Å². The van der Waals surface area contributed by atoms with Gasteiger partial charge in [0.25, 0.3) is 5.91 Å². The van der Waals surface area contributed by atoms with Gasteiger partial charge in [-0.05, 0) is 35.6 Å². The number of hydrogen-bond acceptors (Lipinski definition) is 3. The molecule has 1 aliphatic rings. The molecule has 0 fully saturated rings. The first-order valence-electron chi connectivity index (χ1n) is 8.86. The number of para-hydroxylation sites is 2. The molecule has 0 spiro atoms. The minimum absolute atomic E-state index is 0.0563. The van der Waals surface area contributed by atoms with Crippen molar-refractivity contribution in [1.82, 2.24) is 5.32 Å². The van der Waals surface area contributed by atoms with Crippen LogP contribution in [0.25, 0.3) is 0 Å². The zero-order chi connectivity index (χ0) is 17.8. The number of rotatable bonds is 5. The first-order valence-corrected chi connectivity index (χ1v) is 8.86. The molecular formula is C21H25NO3. The van der Waals surface area contributed by atoms with Crippen LogP contribution in [-0.2, 0) is 11.2 Å². The van der Waals surface area contributed by atoms with E-state index in [9.17, 15) is 4.79 Å². The highest BCUT2D eigenvalue weighted by Crippen LogP contribution is 2.31. The van der Waals surface area contributed by atoms with Crippen molar-refractivity contribution in [3.8, 4) is 11.5 Å². The molecule has 2 aromatic carbocycles. The van der Waals surface area contributed by atoms with Crippen LogP contribution in [0.5, 0.6) is 11.5 Å². The zero-order valence-corrected chi connectivity index (χ0v) is 15.0. The Balaban J connectivity index is 1.71. The predicted molar refractivity (Wildman–Crippen MR) is 97.9 cm³/mol. The highest BCUT2D eigenvalue weighted by molar-refractivity contribution is 5.82. The second kappa shape index (κ2) is 7.60. The maximum Gasteiger partial charge on any atom is 0.265 e. The number of amides is 1. The average Bonchev–Trinajstić information content (AvgIpc) is 2.65. The van der Waals surface area contributed by atoms with E-state index in [1.165, 1.54) is 5.56 Å². The van der Waals surface area contributed by atoms with Gasteiger partial charge in [-0.1, -0.05) is 57.2 Å². The minimum Gasteiger partial charge on any atom is -0.485 e. The summed E-state index contributed by atoms with van der Waals surface area (Å²) in [6, 6.07) is 15.8. The molecular weight excluding hydrogens is 314 g/mol. The van der Waals surface area contributed by atoms with Gasteiger partial charge in [0.15, 0.2) is 11.5 Å². The van der Waals surface area contributed by atoms with Crippen LogP contribution in [0.15, 0.2) is 48.5 Å². The van der Waals surface area contributed by atoms with Gasteiger partial charge in [0.2, 0.25) is 6.10 Å². The topological polar surface area (TPSA) is 47.6 Å². The molecule has 0 saturated carbocycles. The van der Waals surface area contributed by atoms with E-state index in [1.807, 2.05) is 24.3 Å². The standard InChI is InChI=1S/C21H25NO3/c1-4-15-9-11-16(12-10-15)20(14(2)3)22-21(23)19-13-24-17-7-5-6-8-18(17)25-19/h5-12,14,19-20H,4,13H2,1-3H3,(H,22,23)/t19-,20+/m0/s1. The first-order chi connectivity index (χ1) is 12.1. The van der Waals surface area contributed by atoms with E-state index in [1.54, 1.807) is 0 Å². The molecule has 0 unspecified atom stereocenters. The Morgan fingerprint density at radius 1 is 1.12 bits per heavy atom. The van der Waals surface area contributed by atoms with Crippen molar-refractivity contribution in [3.05, 3.63) is 59.7 Å². The third-order valence-corrected chi connectivity index (χ3v) is 4.51. The molecule has 1 amide bonds. The zero-order valence-electron chi connectivity index (χ0n) is 15.0. The summed E-state index contributed by atoms with van der Waals surface area (Å²) in [5, 5.41) is 3.13. The van der Waals surface area contributed by atoms with Crippen molar-refractivity contribution in [3.63, 3.8) is 0 Å². The van der Waals surface area contributed by atoms with Gasteiger partial charge < -0.3 is 14.8 Å². The van der Waals surface area contributed by atoms with Crippen molar-refractivity contribution in [1.29, 1.82) is 0 Å². The van der Waals surface area contributed by atoms with E-state index < -0.39 is 6.10 Å². The SMILES string of the molecule is CCc1ccc([C@H](NC(=O)[C@@H]2COc3ccccc3O2)C(C)C)cc1. The van der Waals surface area contributed by atoms with Crippen molar-refractivity contribution < 1.29 is 14.3 Å². The fourth-order valence-corrected chi connectivity index (χ4v) is 2.99. The number of ether oxygens (including phenoxy) is 2. The molecule has 132 valence electrons. The minimum atomic E-state index is -0.633. The third-order valence-electron chi connectivity index (χ3n) is 4.51. The molecule has 1 aliphatic heterocycles. The van der Waals surface area contributed by atoms with Crippen LogP contribution in [0.2, 0.25) is 0 Å². The van der Waals surface area contributed by atoms with E-state index in [0.717, 1.165) is 12.0 Å². The summed E-state index contributed by atoms with van der Waals surface area (Å²) >= 11 is 0. The Hall–Kier alpha value is -2.49. The van der Waals surface area contributed by atoms with Gasteiger partial charge in [-0.3, -0.25) is 4.79 Å². The van der Waals surface area contributed by atoms with Crippen LogP contribution in [0.1, 0.15) is 37.9 Å². The molecule has 0 saturated heterocycles. The summed E-state index contributed by atoms with van der Waals surface area (Å²) in [5.41, 5.74) is 2.40. The fraction of sp³-hybridized carbons (Fsp3) is 0.381. The maximum atomic E-state index is 12.7. The van der Waals surface area contributed by atoms with Crippen LogP contribution in [0, 0.1) is 5.92 Å².